The maximum atomic E-state index is 14.0. The number of aromatic hydroxyl groups is 1. The third kappa shape index (κ3) is 4.49. The summed E-state index contributed by atoms with van der Waals surface area (Å²) >= 11 is 0. The molecule has 5 rings (SSSR count). The number of nitrogens with zero attached hydrogens (tertiary/aromatic N) is 2. The van der Waals surface area contributed by atoms with Crippen LogP contribution in [0.5, 0.6) is 5.75 Å². The molecule has 0 aliphatic heterocycles. The third-order valence-electron chi connectivity index (χ3n) is 9.24. The number of phenols is 1. The summed E-state index contributed by atoms with van der Waals surface area (Å²) in [6.45, 7) is 3.80. The quantitative estimate of drug-likeness (QED) is 0.415. The second-order valence-corrected chi connectivity index (χ2v) is 12.2. The highest BCUT2D eigenvalue weighted by atomic mass is 16.3. The molecule has 10 heteroatoms. The minimum atomic E-state index is -2.73. The van der Waals surface area contributed by atoms with E-state index in [1.165, 1.54) is 11.0 Å². The molecule has 4 N–H and O–H groups in total. The molecule has 0 bridgehead atoms. The number of phenolic OH excluding ortho intramolecular Hbond substituents is 1. The summed E-state index contributed by atoms with van der Waals surface area (Å²) in [5.41, 5.74) is 5.91. The SMILES string of the molecule is CCCN(C)Cc1cccc(-c2ccc(O)c3c2C[C@H]2C[C@H]4[C@H](N(C)C)C(=O)C(C(N)=O)C(=O)[C@@]4(O)C(=O)C2C3=O)c1. The molecule has 222 valence electrons. The molecule has 42 heavy (non-hydrogen) atoms. The maximum absolute atomic E-state index is 14.0. The van der Waals surface area contributed by atoms with E-state index in [0.29, 0.717) is 5.56 Å². The lowest BCUT2D eigenvalue weighted by Gasteiger charge is -2.52. The van der Waals surface area contributed by atoms with Crippen LogP contribution in [0.4, 0.5) is 0 Å². The van der Waals surface area contributed by atoms with Gasteiger partial charge in [0.2, 0.25) is 5.91 Å². The summed E-state index contributed by atoms with van der Waals surface area (Å²) in [7, 11) is 5.18. The van der Waals surface area contributed by atoms with E-state index in [0.717, 1.165) is 36.2 Å². The lowest BCUT2D eigenvalue weighted by Crippen LogP contribution is -2.74. The van der Waals surface area contributed by atoms with Gasteiger partial charge in [0.15, 0.2) is 34.7 Å². The van der Waals surface area contributed by atoms with Gasteiger partial charge >= 0.3 is 0 Å². The van der Waals surface area contributed by atoms with Gasteiger partial charge in [-0.1, -0.05) is 31.2 Å². The Morgan fingerprint density at radius 3 is 2.43 bits per heavy atom. The second kappa shape index (κ2) is 10.8. The molecule has 0 saturated heterocycles. The standard InChI is InChI=1S/C32H37N3O7/c1-5-11-35(4)15-16-7-6-8-17(12-16)19-9-10-22(36)24-20(19)13-18-14-21-26(34(2)3)28(38)25(31(33)41)30(40)32(21,42)29(39)23(18)27(24)37/h6-10,12,18,21,23,25-26,36,42H,5,11,13-15H2,1-4H3,(H2,33,41)/t18-,21-,23?,25?,26-,32-/m0/s1. The van der Waals surface area contributed by atoms with Gasteiger partial charge in [0.25, 0.3) is 0 Å². The fourth-order valence-corrected chi connectivity index (χ4v) is 7.48. The Morgan fingerprint density at radius 1 is 1.07 bits per heavy atom. The summed E-state index contributed by atoms with van der Waals surface area (Å²) in [6, 6.07) is 9.99. The second-order valence-electron chi connectivity index (χ2n) is 12.2. The number of nitrogens with two attached hydrogens (primary N) is 1. The number of aliphatic hydroxyl groups is 1. The van der Waals surface area contributed by atoms with Crippen molar-refractivity contribution in [3.8, 4) is 16.9 Å². The van der Waals surface area contributed by atoms with E-state index in [1.807, 2.05) is 31.3 Å². The number of benzene rings is 2. The van der Waals surface area contributed by atoms with E-state index >= 15 is 0 Å². The Bertz CT molecular complexity index is 1500. The summed E-state index contributed by atoms with van der Waals surface area (Å²) < 4.78 is 0. The Balaban J connectivity index is 1.59. The number of carbonyl (C=O) groups excluding carboxylic acids is 5. The minimum absolute atomic E-state index is 0.00685. The lowest BCUT2D eigenvalue weighted by atomic mass is 9.52. The van der Waals surface area contributed by atoms with E-state index in [-0.39, 0.29) is 24.2 Å². The van der Waals surface area contributed by atoms with Gasteiger partial charge in [-0.15, -0.1) is 0 Å². The van der Waals surface area contributed by atoms with Crippen LogP contribution < -0.4 is 5.73 Å². The fraction of sp³-hybridized carbons (Fsp3) is 0.469. The predicted octanol–water partition coefficient (Wildman–Crippen LogP) is 1.38. The van der Waals surface area contributed by atoms with E-state index in [1.54, 1.807) is 20.2 Å². The zero-order valence-electron chi connectivity index (χ0n) is 24.3. The molecule has 3 aliphatic rings. The van der Waals surface area contributed by atoms with Gasteiger partial charge in [-0.3, -0.25) is 28.9 Å². The van der Waals surface area contributed by atoms with Crippen molar-refractivity contribution in [2.45, 2.75) is 44.4 Å². The monoisotopic (exact) mass is 575 g/mol. The number of Topliss-reactive ketones (excluding diaryl/α,β-unsaturated/α-hetero) is 4. The fourth-order valence-electron chi connectivity index (χ4n) is 7.48. The molecule has 2 fully saturated rings. The number of fused-ring (bicyclic) bond motifs is 3. The lowest BCUT2D eigenvalue weighted by molar-refractivity contribution is -0.181. The number of primary amides is 1. The van der Waals surface area contributed by atoms with E-state index in [4.69, 9.17) is 5.73 Å². The highest BCUT2D eigenvalue weighted by Crippen LogP contribution is 2.51. The Morgan fingerprint density at radius 2 is 1.79 bits per heavy atom. The molecule has 2 saturated carbocycles. The largest absolute Gasteiger partial charge is 0.507 e. The average molecular weight is 576 g/mol. The third-order valence-corrected chi connectivity index (χ3v) is 9.24. The van der Waals surface area contributed by atoms with Gasteiger partial charge in [-0.2, -0.15) is 0 Å². The molecule has 1 amide bonds. The maximum Gasteiger partial charge on any atom is 0.235 e. The number of amides is 1. The molecule has 3 aliphatic carbocycles. The number of rotatable bonds is 7. The normalized spacial score (nSPS) is 29.0. The first kappa shape index (κ1) is 29.8. The van der Waals surface area contributed by atoms with E-state index in [9.17, 15) is 34.2 Å². The average Bonchev–Trinajstić information content (AvgIpc) is 2.90. The molecule has 0 heterocycles. The molecule has 6 atom stereocenters. The van der Waals surface area contributed by atoms with Crippen LogP contribution in [-0.4, -0.2) is 88.4 Å². The van der Waals surface area contributed by atoms with Crippen LogP contribution in [0, 0.1) is 23.7 Å². The predicted molar refractivity (Wildman–Crippen MR) is 153 cm³/mol. The first-order valence-corrected chi connectivity index (χ1v) is 14.3. The van der Waals surface area contributed by atoms with Crippen molar-refractivity contribution in [3.05, 3.63) is 53.1 Å². The van der Waals surface area contributed by atoms with Crippen LogP contribution >= 0.6 is 0 Å². The van der Waals surface area contributed by atoms with Crippen LogP contribution in [0.15, 0.2) is 36.4 Å². The summed E-state index contributed by atoms with van der Waals surface area (Å²) in [6.07, 6.45) is 1.26. The van der Waals surface area contributed by atoms with Crippen LogP contribution in [0.3, 0.4) is 0 Å². The summed E-state index contributed by atoms with van der Waals surface area (Å²) in [4.78, 5) is 70.5. The van der Waals surface area contributed by atoms with Crippen LogP contribution in [0.2, 0.25) is 0 Å². The van der Waals surface area contributed by atoms with Crippen molar-refractivity contribution in [1.29, 1.82) is 0 Å². The molecular formula is C32H37N3O7. The number of hydrogen-bond acceptors (Lipinski definition) is 9. The molecular weight excluding hydrogens is 538 g/mol. The van der Waals surface area contributed by atoms with Crippen molar-refractivity contribution in [3.63, 3.8) is 0 Å². The number of carbonyl (C=O) groups is 5. The molecule has 10 nitrogen and oxygen atoms in total. The summed E-state index contributed by atoms with van der Waals surface area (Å²) in [5.74, 6) is -10.5. The van der Waals surface area contributed by atoms with Crippen molar-refractivity contribution in [2.24, 2.45) is 29.4 Å². The van der Waals surface area contributed by atoms with Gasteiger partial charge in [0.05, 0.1) is 17.5 Å². The number of ketones is 4. The highest BCUT2D eigenvalue weighted by Gasteiger charge is 2.69. The Labute approximate surface area is 244 Å². The van der Waals surface area contributed by atoms with Gasteiger partial charge in [0, 0.05) is 12.5 Å². The zero-order valence-corrected chi connectivity index (χ0v) is 24.3. The van der Waals surface area contributed by atoms with Crippen LogP contribution in [0.1, 0.15) is 41.3 Å². The van der Waals surface area contributed by atoms with Crippen LogP contribution in [-0.2, 0) is 32.1 Å². The minimum Gasteiger partial charge on any atom is -0.507 e. The molecule has 2 aromatic rings. The van der Waals surface area contributed by atoms with Gasteiger partial charge in [0.1, 0.15) is 5.75 Å². The Kier molecular flexibility index (Phi) is 7.67. The van der Waals surface area contributed by atoms with Gasteiger partial charge < -0.3 is 20.8 Å². The van der Waals surface area contributed by atoms with Gasteiger partial charge in [-0.05, 0) is 87.3 Å². The zero-order chi connectivity index (χ0) is 30.7. The molecule has 2 aromatic carbocycles. The molecule has 2 unspecified atom stereocenters. The van der Waals surface area contributed by atoms with Crippen molar-refractivity contribution in [2.75, 3.05) is 27.7 Å². The van der Waals surface area contributed by atoms with Crippen molar-refractivity contribution < 1.29 is 34.2 Å². The number of likely N-dealkylation sites (N-methyl/N-ethyl adjacent to an activating group) is 1. The van der Waals surface area contributed by atoms with E-state index in [2.05, 4.69) is 11.8 Å². The van der Waals surface area contributed by atoms with Crippen molar-refractivity contribution >= 4 is 29.0 Å². The molecule has 0 aromatic heterocycles. The first-order valence-electron chi connectivity index (χ1n) is 14.3. The van der Waals surface area contributed by atoms with E-state index < -0.39 is 64.4 Å². The van der Waals surface area contributed by atoms with Crippen molar-refractivity contribution in [1.82, 2.24) is 9.80 Å². The Hall–Kier alpha value is -3.73. The smallest absolute Gasteiger partial charge is 0.235 e. The highest BCUT2D eigenvalue weighted by molar-refractivity contribution is 6.32. The number of hydrogen-bond donors (Lipinski definition) is 3. The molecule has 0 spiro atoms. The topological polar surface area (TPSA) is 158 Å². The summed E-state index contributed by atoms with van der Waals surface area (Å²) in [5, 5.41) is 22.6. The first-order chi connectivity index (χ1) is 19.8. The van der Waals surface area contributed by atoms with Crippen LogP contribution in [0.25, 0.3) is 11.1 Å². The molecule has 0 radical (unpaired) electrons. The van der Waals surface area contributed by atoms with Gasteiger partial charge in [-0.25, -0.2) is 0 Å².